The first-order valence-corrected chi connectivity index (χ1v) is 9.16. The number of halogens is 1. The van der Waals surface area contributed by atoms with E-state index in [1.165, 1.54) is 10.5 Å². The number of rotatable bonds is 8. The van der Waals surface area contributed by atoms with Crippen LogP contribution < -0.4 is 9.64 Å². The fourth-order valence-corrected chi connectivity index (χ4v) is 3.05. The van der Waals surface area contributed by atoms with E-state index < -0.39 is 0 Å². The third-order valence-corrected chi connectivity index (χ3v) is 4.51. The van der Waals surface area contributed by atoms with Crippen molar-refractivity contribution in [2.24, 2.45) is 0 Å². The Morgan fingerprint density at radius 2 is 1.88 bits per heavy atom. The molecule has 0 saturated carbocycles. The largest absolute Gasteiger partial charge is 0.490 e. The van der Waals surface area contributed by atoms with E-state index in [2.05, 4.69) is 51.9 Å². The Morgan fingerprint density at radius 3 is 2.62 bits per heavy atom. The van der Waals surface area contributed by atoms with Gasteiger partial charge in [0.15, 0.2) is 6.54 Å². The minimum Gasteiger partial charge on any atom is -0.490 e. The first kappa shape index (κ1) is 18.4. The van der Waals surface area contributed by atoms with Crippen LogP contribution in [0.25, 0.3) is 11.5 Å². The lowest BCUT2D eigenvalue weighted by Crippen LogP contribution is -3.06. The highest BCUT2D eigenvalue weighted by molar-refractivity contribution is 9.10. The number of aromatic nitrogens is 2. The minimum atomic E-state index is 0.515. The van der Waals surface area contributed by atoms with Gasteiger partial charge < -0.3 is 14.1 Å². The molecule has 134 valence electrons. The molecule has 3 rings (SSSR count). The van der Waals surface area contributed by atoms with Gasteiger partial charge >= 0.3 is 0 Å². The summed E-state index contributed by atoms with van der Waals surface area (Å²) in [5.74, 6) is 2.00. The minimum absolute atomic E-state index is 0.515. The summed E-state index contributed by atoms with van der Waals surface area (Å²) < 4.78 is 12.3. The molecule has 6 heteroatoms. The second-order valence-electron chi connectivity index (χ2n) is 6.04. The van der Waals surface area contributed by atoms with Gasteiger partial charge in [-0.15, -0.1) is 10.2 Å². The molecule has 5 nitrogen and oxygen atoms in total. The first-order chi connectivity index (χ1) is 12.7. The van der Waals surface area contributed by atoms with Gasteiger partial charge in [-0.05, 0) is 52.3 Å². The highest BCUT2D eigenvalue weighted by Crippen LogP contribution is 2.26. The van der Waals surface area contributed by atoms with Gasteiger partial charge in [-0.2, -0.15) is 0 Å². The highest BCUT2D eigenvalue weighted by Gasteiger charge is 2.14. The smallest absolute Gasteiger partial charge is 0.271 e. The van der Waals surface area contributed by atoms with Crippen LogP contribution in [0.2, 0.25) is 0 Å². The van der Waals surface area contributed by atoms with Crippen molar-refractivity contribution in [1.82, 2.24) is 10.2 Å². The molecular weight excluding hydrogens is 394 g/mol. The third kappa shape index (κ3) is 4.80. The highest BCUT2D eigenvalue weighted by atomic mass is 79.9. The predicted octanol–water partition coefficient (Wildman–Crippen LogP) is 3.28. The average Bonchev–Trinajstić information content (AvgIpc) is 3.09. The van der Waals surface area contributed by atoms with Crippen LogP contribution in [0.15, 0.2) is 70.1 Å². The SMILES string of the molecule is C=CCOc1ccc(C[NH+](C)Cc2nnc(-c3ccccc3Br)o2)cc1. The lowest BCUT2D eigenvalue weighted by atomic mass is 10.2. The lowest BCUT2D eigenvalue weighted by molar-refractivity contribution is -0.909. The fraction of sp³-hybridized carbons (Fsp3) is 0.200. The number of nitrogens with one attached hydrogen (secondary N) is 1. The molecule has 1 unspecified atom stereocenters. The van der Waals surface area contributed by atoms with Crippen LogP contribution in [0.5, 0.6) is 5.75 Å². The average molecular weight is 415 g/mol. The van der Waals surface area contributed by atoms with Gasteiger partial charge in [0.2, 0.25) is 5.89 Å². The molecule has 0 aliphatic carbocycles. The summed E-state index contributed by atoms with van der Waals surface area (Å²) in [7, 11) is 2.10. The summed E-state index contributed by atoms with van der Waals surface area (Å²) in [4.78, 5) is 1.26. The molecule has 1 aromatic heterocycles. The van der Waals surface area contributed by atoms with Crippen LogP contribution in [0.4, 0.5) is 0 Å². The van der Waals surface area contributed by atoms with Crippen LogP contribution in [0.1, 0.15) is 11.5 Å². The number of benzene rings is 2. The zero-order valence-corrected chi connectivity index (χ0v) is 16.2. The molecular formula is C20H21BrN3O2+. The van der Waals surface area contributed by atoms with E-state index >= 15 is 0 Å². The van der Waals surface area contributed by atoms with E-state index in [-0.39, 0.29) is 0 Å². The van der Waals surface area contributed by atoms with Crippen LogP contribution in [0.3, 0.4) is 0 Å². The first-order valence-electron chi connectivity index (χ1n) is 8.37. The van der Waals surface area contributed by atoms with Crippen LogP contribution in [-0.4, -0.2) is 23.9 Å². The molecule has 0 fully saturated rings. The van der Waals surface area contributed by atoms with Gasteiger partial charge in [0.05, 0.1) is 12.6 Å². The van der Waals surface area contributed by atoms with Crippen LogP contribution in [0, 0.1) is 0 Å². The van der Waals surface area contributed by atoms with Crippen molar-refractivity contribution in [3.63, 3.8) is 0 Å². The van der Waals surface area contributed by atoms with Crippen molar-refractivity contribution in [2.45, 2.75) is 13.1 Å². The molecule has 1 N–H and O–H groups in total. The molecule has 0 aliphatic heterocycles. The number of nitrogens with zero attached hydrogens (tertiary/aromatic N) is 2. The van der Waals surface area contributed by atoms with E-state index in [0.717, 1.165) is 22.3 Å². The van der Waals surface area contributed by atoms with Crippen LogP contribution in [-0.2, 0) is 13.1 Å². The fourth-order valence-electron chi connectivity index (χ4n) is 2.60. The Labute approximate surface area is 161 Å². The normalized spacial score (nSPS) is 11.9. The van der Waals surface area contributed by atoms with Gasteiger partial charge in [0.25, 0.3) is 5.89 Å². The zero-order valence-electron chi connectivity index (χ0n) is 14.6. The summed E-state index contributed by atoms with van der Waals surface area (Å²) in [6.07, 6.45) is 1.73. The molecule has 26 heavy (non-hydrogen) atoms. The summed E-state index contributed by atoms with van der Waals surface area (Å²) in [6.45, 7) is 5.68. The second-order valence-corrected chi connectivity index (χ2v) is 6.89. The molecule has 0 aliphatic rings. The maximum Gasteiger partial charge on any atom is 0.271 e. The van der Waals surface area contributed by atoms with Gasteiger partial charge in [-0.25, -0.2) is 0 Å². The molecule has 0 spiro atoms. The molecule has 1 heterocycles. The monoisotopic (exact) mass is 414 g/mol. The Kier molecular flexibility index (Phi) is 6.20. The molecule has 2 aromatic carbocycles. The Morgan fingerprint density at radius 1 is 1.12 bits per heavy atom. The summed E-state index contributed by atoms with van der Waals surface area (Å²) in [6, 6.07) is 15.9. The molecule has 0 saturated heterocycles. The van der Waals surface area contributed by atoms with E-state index in [0.29, 0.717) is 24.9 Å². The van der Waals surface area contributed by atoms with Crippen molar-refractivity contribution in [2.75, 3.05) is 13.7 Å². The van der Waals surface area contributed by atoms with Gasteiger partial charge in [0.1, 0.15) is 18.9 Å². The molecule has 0 bridgehead atoms. The summed E-state index contributed by atoms with van der Waals surface area (Å²) in [5.41, 5.74) is 2.12. The number of hydrogen-bond donors (Lipinski definition) is 1. The van der Waals surface area contributed by atoms with E-state index in [4.69, 9.17) is 9.15 Å². The number of hydrogen-bond acceptors (Lipinski definition) is 4. The lowest BCUT2D eigenvalue weighted by Gasteiger charge is -2.12. The van der Waals surface area contributed by atoms with Crippen molar-refractivity contribution < 1.29 is 14.1 Å². The van der Waals surface area contributed by atoms with Gasteiger partial charge in [-0.3, -0.25) is 0 Å². The van der Waals surface area contributed by atoms with Gasteiger partial charge in [0, 0.05) is 10.0 Å². The molecule has 0 radical (unpaired) electrons. The maximum absolute atomic E-state index is 5.82. The molecule has 0 amide bonds. The maximum atomic E-state index is 5.82. The van der Waals surface area contributed by atoms with Crippen LogP contribution >= 0.6 is 15.9 Å². The predicted molar refractivity (Wildman–Crippen MR) is 104 cm³/mol. The van der Waals surface area contributed by atoms with Crippen molar-refractivity contribution in [3.8, 4) is 17.2 Å². The quantitative estimate of drug-likeness (QED) is 0.574. The van der Waals surface area contributed by atoms with E-state index in [1.807, 2.05) is 36.4 Å². The Balaban J connectivity index is 1.59. The summed E-state index contributed by atoms with van der Waals surface area (Å²) in [5, 5.41) is 8.34. The van der Waals surface area contributed by atoms with Crippen molar-refractivity contribution in [1.29, 1.82) is 0 Å². The zero-order chi connectivity index (χ0) is 18.4. The topological polar surface area (TPSA) is 52.6 Å². The van der Waals surface area contributed by atoms with Crippen molar-refractivity contribution in [3.05, 3.63) is 77.1 Å². The summed E-state index contributed by atoms with van der Waals surface area (Å²) >= 11 is 3.51. The molecule has 1 atom stereocenters. The van der Waals surface area contributed by atoms with E-state index in [1.54, 1.807) is 6.08 Å². The van der Waals surface area contributed by atoms with E-state index in [9.17, 15) is 0 Å². The van der Waals surface area contributed by atoms with Gasteiger partial charge in [-0.1, -0.05) is 24.8 Å². The number of quaternary nitrogens is 1. The standard InChI is InChI=1S/C20H20BrN3O2/c1-3-12-25-16-10-8-15(9-11-16)13-24(2)14-19-22-23-20(26-19)17-6-4-5-7-18(17)21/h3-11H,1,12-14H2,2H3/p+1. The van der Waals surface area contributed by atoms with Crippen molar-refractivity contribution >= 4 is 15.9 Å². The molecule has 3 aromatic rings. The Bertz CT molecular complexity index is 862. The Hall–Kier alpha value is -2.44. The third-order valence-electron chi connectivity index (χ3n) is 3.82. The number of ether oxygens (including phenoxy) is 1. The second kappa shape index (κ2) is 8.78.